The molecule has 1 fully saturated rings. The lowest BCUT2D eigenvalue weighted by atomic mass is 9.94. The van der Waals surface area contributed by atoms with E-state index >= 15 is 0 Å². The van der Waals surface area contributed by atoms with Gasteiger partial charge in [-0.25, -0.2) is 13.6 Å². The van der Waals surface area contributed by atoms with Crippen molar-refractivity contribution in [1.82, 2.24) is 14.7 Å². The number of piperidine rings is 1. The Morgan fingerprint density at radius 3 is 2.73 bits per heavy atom. The third-order valence-electron chi connectivity index (χ3n) is 4.75. The number of primary amides is 1. The summed E-state index contributed by atoms with van der Waals surface area (Å²) in [5.74, 6) is -1.58. The number of benzene rings is 1. The predicted molar refractivity (Wildman–Crippen MR) is 102 cm³/mol. The minimum Gasteiger partial charge on any atom is -0.447 e. The Morgan fingerprint density at radius 1 is 1.37 bits per heavy atom. The Balaban J connectivity index is 1.79. The average molecular weight is 418 g/mol. The van der Waals surface area contributed by atoms with Crippen molar-refractivity contribution < 1.29 is 23.1 Å². The fourth-order valence-corrected chi connectivity index (χ4v) is 3.27. The molecule has 0 unspecified atom stereocenters. The van der Waals surface area contributed by atoms with Crippen molar-refractivity contribution in [2.45, 2.75) is 12.5 Å². The van der Waals surface area contributed by atoms with Gasteiger partial charge in [-0.3, -0.25) is 9.48 Å². The first-order chi connectivity index (χ1) is 14.4. The molecule has 2 aromatic rings. The molecule has 1 aromatic carbocycles. The quantitative estimate of drug-likeness (QED) is 0.742. The number of alkyl halides is 1. The molecule has 0 radical (unpaired) electrons. The van der Waals surface area contributed by atoms with Crippen LogP contribution >= 0.6 is 0 Å². The van der Waals surface area contributed by atoms with Gasteiger partial charge in [0, 0.05) is 25.0 Å². The first-order valence-corrected chi connectivity index (χ1v) is 9.21. The van der Waals surface area contributed by atoms with Crippen LogP contribution in [0.5, 0.6) is 0 Å². The lowest BCUT2D eigenvalue weighted by Gasteiger charge is -2.34. The van der Waals surface area contributed by atoms with E-state index in [0.717, 1.165) is 0 Å². The lowest BCUT2D eigenvalue weighted by Crippen LogP contribution is -2.44. The molecule has 3 N–H and O–H groups in total. The van der Waals surface area contributed by atoms with Gasteiger partial charge in [0.15, 0.2) is 5.82 Å². The Bertz CT molecular complexity index is 956. The van der Waals surface area contributed by atoms with E-state index in [1.807, 2.05) is 0 Å². The number of anilines is 2. The van der Waals surface area contributed by atoms with Crippen LogP contribution in [0, 0.1) is 23.1 Å². The van der Waals surface area contributed by atoms with Gasteiger partial charge >= 0.3 is 6.09 Å². The van der Waals surface area contributed by atoms with Crippen LogP contribution < -0.4 is 11.1 Å². The van der Waals surface area contributed by atoms with Crippen molar-refractivity contribution in [3.05, 3.63) is 41.8 Å². The number of nitrogens with two attached hydrogens (primary N) is 1. The van der Waals surface area contributed by atoms with Crippen LogP contribution in [0.3, 0.4) is 0 Å². The number of amides is 2. The van der Waals surface area contributed by atoms with Crippen LogP contribution in [0.1, 0.15) is 22.8 Å². The Labute approximate surface area is 171 Å². The molecular weight excluding hydrogens is 398 g/mol. The Morgan fingerprint density at radius 2 is 2.10 bits per heavy atom. The molecule has 0 bridgehead atoms. The average Bonchev–Trinajstić information content (AvgIpc) is 3.17. The first kappa shape index (κ1) is 21.0. The molecule has 2 heterocycles. The van der Waals surface area contributed by atoms with Gasteiger partial charge in [-0.15, -0.1) is 0 Å². The first-order valence-electron chi connectivity index (χ1n) is 9.21. The SMILES string of the molecule is N#C[C@H]1CN(C(=O)OCCF)CC[C@H]1n1cc(C(N)=O)c(Nc2ccc(F)cc2)n1. The van der Waals surface area contributed by atoms with Crippen molar-refractivity contribution in [3.63, 3.8) is 0 Å². The Hall–Kier alpha value is -3.68. The van der Waals surface area contributed by atoms with Crippen LogP contribution in [0.25, 0.3) is 0 Å². The minimum atomic E-state index is -0.781. The lowest BCUT2D eigenvalue weighted by molar-refractivity contribution is 0.0738. The predicted octanol–water partition coefficient (Wildman–Crippen LogP) is 2.36. The van der Waals surface area contributed by atoms with E-state index in [2.05, 4.69) is 16.5 Å². The van der Waals surface area contributed by atoms with Crippen molar-refractivity contribution in [3.8, 4) is 6.07 Å². The number of carbonyl (C=O) groups excluding carboxylic acids is 2. The van der Waals surface area contributed by atoms with E-state index in [1.165, 1.54) is 40.0 Å². The molecule has 11 heteroatoms. The molecule has 0 saturated carbocycles. The van der Waals surface area contributed by atoms with Gasteiger partial charge in [-0.1, -0.05) is 0 Å². The molecule has 3 rings (SSSR count). The van der Waals surface area contributed by atoms with Gasteiger partial charge in [0.2, 0.25) is 0 Å². The molecule has 1 aliphatic heterocycles. The number of carbonyl (C=O) groups is 2. The third-order valence-corrected chi connectivity index (χ3v) is 4.75. The molecule has 2 atom stereocenters. The molecule has 30 heavy (non-hydrogen) atoms. The van der Waals surface area contributed by atoms with E-state index in [-0.39, 0.29) is 31.1 Å². The zero-order valence-corrected chi connectivity index (χ0v) is 15.9. The summed E-state index contributed by atoms with van der Waals surface area (Å²) in [5, 5.41) is 16.9. The Kier molecular flexibility index (Phi) is 6.46. The highest BCUT2D eigenvalue weighted by atomic mass is 19.1. The summed E-state index contributed by atoms with van der Waals surface area (Å²) in [6, 6.07) is 7.21. The van der Waals surface area contributed by atoms with Gasteiger partial charge in [0.05, 0.1) is 18.0 Å². The summed E-state index contributed by atoms with van der Waals surface area (Å²) in [6.07, 6.45) is 1.14. The summed E-state index contributed by atoms with van der Waals surface area (Å²) < 4.78 is 31.6. The number of aromatic nitrogens is 2. The second kappa shape index (κ2) is 9.21. The van der Waals surface area contributed by atoms with Crippen molar-refractivity contribution in [1.29, 1.82) is 5.26 Å². The maximum absolute atomic E-state index is 13.1. The van der Waals surface area contributed by atoms with E-state index in [1.54, 1.807) is 0 Å². The maximum Gasteiger partial charge on any atom is 0.409 e. The van der Waals surface area contributed by atoms with Crippen LogP contribution in [-0.4, -0.2) is 53.1 Å². The molecular formula is C19H20F2N6O3. The smallest absolute Gasteiger partial charge is 0.409 e. The van der Waals surface area contributed by atoms with Gasteiger partial charge in [0.25, 0.3) is 5.91 Å². The standard InChI is InChI=1S/C19H20F2N6O3/c20-6-8-30-19(29)26-7-5-16(12(9-22)10-26)27-11-15(17(23)28)18(25-27)24-14-3-1-13(21)2-4-14/h1-4,11-12,16H,5-8,10H2,(H2,23,28)(H,24,25)/t12-,16+/m0/s1. The third kappa shape index (κ3) is 4.65. The molecule has 1 aromatic heterocycles. The van der Waals surface area contributed by atoms with E-state index in [9.17, 15) is 23.6 Å². The fourth-order valence-electron chi connectivity index (χ4n) is 3.27. The highest BCUT2D eigenvalue weighted by molar-refractivity contribution is 5.98. The van der Waals surface area contributed by atoms with Gasteiger partial charge < -0.3 is 20.7 Å². The molecule has 158 valence electrons. The summed E-state index contributed by atoms with van der Waals surface area (Å²) in [5.41, 5.74) is 6.07. The molecule has 9 nitrogen and oxygen atoms in total. The van der Waals surface area contributed by atoms with Crippen molar-refractivity contribution in [2.24, 2.45) is 11.7 Å². The zero-order valence-electron chi connectivity index (χ0n) is 15.9. The van der Waals surface area contributed by atoms with Crippen molar-refractivity contribution in [2.75, 3.05) is 31.7 Å². The number of halogens is 2. The molecule has 1 saturated heterocycles. The number of nitrogens with zero attached hydrogens (tertiary/aromatic N) is 4. The zero-order chi connectivity index (χ0) is 21.7. The topological polar surface area (TPSA) is 126 Å². The van der Waals surface area contributed by atoms with Crippen LogP contribution in [0.4, 0.5) is 25.1 Å². The second-order valence-corrected chi connectivity index (χ2v) is 6.71. The van der Waals surface area contributed by atoms with Crippen LogP contribution in [0.15, 0.2) is 30.5 Å². The number of hydrogen-bond donors (Lipinski definition) is 2. The van der Waals surface area contributed by atoms with Gasteiger partial charge in [-0.2, -0.15) is 10.4 Å². The number of hydrogen-bond acceptors (Lipinski definition) is 6. The molecule has 1 aliphatic rings. The highest BCUT2D eigenvalue weighted by Gasteiger charge is 2.34. The number of rotatable bonds is 6. The summed E-state index contributed by atoms with van der Waals surface area (Å²) in [6.45, 7) is -0.758. The highest BCUT2D eigenvalue weighted by Crippen LogP contribution is 2.30. The number of nitriles is 1. The van der Waals surface area contributed by atoms with E-state index in [4.69, 9.17) is 10.5 Å². The molecule has 0 spiro atoms. The normalized spacial score (nSPS) is 18.5. The molecule has 0 aliphatic carbocycles. The summed E-state index contributed by atoms with van der Waals surface area (Å²) in [7, 11) is 0. The monoisotopic (exact) mass is 418 g/mol. The second-order valence-electron chi connectivity index (χ2n) is 6.71. The van der Waals surface area contributed by atoms with Crippen molar-refractivity contribution >= 4 is 23.5 Å². The molecule has 2 amide bonds. The van der Waals surface area contributed by atoms with Crippen LogP contribution in [-0.2, 0) is 4.74 Å². The summed E-state index contributed by atoms with van der Waals surface area (Å²) >= 11 is 0. The van der Waals surface area contributed by atoms with Gasteiger partial charge in [0.1, 0.15) is 24.7 Å². The van der Waals surface area contributed by atoms with E-state index in [0.29, 0.717) is 12.1 Å². The number of nitrogens with one attached hydrogen (secondary N) is 1. The fraction of sp³-hybridized carbons (Fsp3) is 0.368. The minimum absolute atomic E-state index is 0.0821. The number of ether oxygens (including phenoxy) is 1. The van der Waals surface area contributed by atoms with Gasteiger partial charge in [-0.05, 0) is 30.7 Å². The number of likely N-dealkylation sites (tertiary alicyclic amines) is 1. The van der Waals surface area contributed by atoms with E-state index < -0.39 is 36.5 Å². The van der Waals surface area contributed by atoms with Crippen LogP contribution in [0.2, 0.25) is 0 Å². The largest absolute Gasteiger partial charge is 0.447 e. The summed E-state index contributed by atoms with van der Waals surface area (Å²) in [4.78, 5) is 25.1. The maximum atomic E-state index is 13.1.